The molecule has 0 spiro atoms. The van der Waals surface area contributed by atoms with E-state index in [1.165, 1.54) is 59.1 Å². The molecule has 7 rings (SSSR count). The van der Waals surface area contributed by atoms with Gasteiger partial charge in [0.25, 0.3) is 0 Å². The monoisotopic (exact) mass is 415 g/mol. The molecule has 1 aliphatic carbocycles. The quantitative estimate of drug-likeness (QED) is 0.254. The molecule has 2 aromatic heterocycles. The number of hydrogen-bond acceptors (Lipinski definition) is 1. The van der Waals surface area contributed by atoms with Gasteiger partial charge in [0.05, 0.1) is 21.4 Å². The molecule has 0 fully saturated rings. The first kappa shape index (κ1) is 17.3. The summed E-state index contributed by atoms with van der Waals surface area (Å²) in [6, 6.07) is 33.4. The molecule has 2 heterocycles. The minimum absolute atomic E-state index is 0.0496. The number of thiophene rings is 1. The van der Waals surface area contributed by atoms with Gasteiger partial charge in [0.15, 0.2) is 0 Å². The zero-order valence-corrected chi connectivity index (χ0v) is 18.3. The van der Waals surface area contributed by atoms with Crippen LogP contribution in [-0.4, -0.2) is 4.57 Å². The molecule has 2 heteroatoms. The van der Waals surface area contributed by atoms with E-state index in [4.69, 9.17) is 0 Å². The normalized spacial score (nSPS) is 14.4. The highest BCUT2D eigenvalue weighted by Gasteiger charge is 2.38. The van der Waals surface area contributed by atoms with Crippen LogP contribution in [0.4, 0.5) is 0 Å². The molecule has 0 bridgehead atoms. The van der Waals surface area contributed by atoms with Crippen molar-refractivity contribution in [2.45, 2.75) is 19.3 Å². The predicted octanol–water partition coefficient (Wildman–Crippen LogP) is 8.30. The zero-order chi connectivity index (χ0) is 20.7. The van der Waals surface area contributed by atoms with Gasteiger partial charge in [-0.05, 0) is 40.5 Å². The van der Waals surface area contributed by atoms with E-state index < -0.39 is 0 Å². The van der Waals surface area contributed by atoms with Crippen LogP contribution in [0.25, 0.3) is 48.0 Å². The van der Waals surface area contributed by atoms with Gasteiger partial charge in [-0.2, -0.15) is 0 Å². The van der Waals surface area contributed by atoms with Crippen molar-refractivity contribution in [3.05, 3.63) is 102 Å². The van der Waals surface area contributed by atoms with Crippen LogP contribution in [-0.2, 0) is 5.41 Å². The number of aromatic nitrogens is 1. The Morgan fingerprint density at radius 2 is 1.39 bits per heavy atom. The Morgan fingerprint density at radius 3 is 2.29 bits per heavy atom. The highest BCUT2D eigenvalue weighted by Crippen LogP contribution is 2.52. The first-order chi connectivity index (χ1) is 15.2. The molecular weight excluding hydrogens is 394 g/mol. The number of benzene rings is 4. The number of fused-ring (bicyclic) bond motifs is 8. The number of hydrogen-bond donors (Lipinski definition) is 0. The largest absolute Gasteiger partial charge is 0.307 e. The van der Waals surface area contributed by atoms with E-state index in [1.807, 2.05) is 11.3 Å². The lowest BCUT2D eigenvalue weighted by atomic mass is 9.81. The van der Waals surface area contributed by atoms with Gasteiger partial charge in [0.1, 0.15) is 0 Å². The van der Waals surface area contributed by atoms with E-state index in [-0.39, 0.29) is 5.41 Å². The Labute approximate surface area is 185 Å². The number of nitrogens with zero attached hydrogens (tertiary/aromatic N) is 1. The number of para-hydroxylation sites is 1. The fourth-order valence-electron chi connectivity index (χ4n) is 5.67. The summed E-state index contributed by atoms with van der Waals surface area (Å²) in [4.78, 5) is 0. The zero-order valence-electron chi connectivity index (χ0n) is 17.5. The summed E-state index contributed by atoms with van der Waals surface area (Å²) >= 11 is 1.91. The Balaban J connectivity index is 1.69. The third-order valence-corrected chi connectivity index (χ3v) is 8.17. The second-order valence-corrected chi connectivity index (χ2v) is 10.1. The molecule has 0 unspecified atom stereocenters. The lowest BCUT2D eigenvalue weighted by Crippen LogP contribution is -2.17. The van der Waals surface area contributed by atoms with Crippen molar-refractivity contribution >= 4 is 42.5 Å². The molecule has 0 atom stereocenters. The Hall–Kier alpha value is -3.36. The summed E-state index contributed by atoms with van der Waals surface area (Å²) in [5, 5.41) is 2.68. The van der Waals surface area contributed by atoms with Gasteiger partial charge in [0.2, 0.25) is 0 Å². The molecule has 0 saturated heterocycles. The first-order valence-electron chi connectivity index (χ1n) is 10.8. The maximum Gasteiger partial charge on any atom is 0.0727 e. The fraction of sp³-hybridized carbons (Fsp3) is 0.103. The van der Waals surface area contributed by atoms with Crippen molar-refractivity contribution in [1.82, 2.24) is 4.57 Å². The predicted molar refractivity (Wildman–Crippen MR) is 134 cm³/mol. The van der Waals surface area contributed by atoms with Crippen molar-refractivity contribution in [3.8, 4) is 16.8 Å². The summed E-state index contributed by atoms with van der Waals surface area (Å²) in [5.41, 5.74) is 9.45. The minimum atomic E-state index is -0.0496. The lowest BCUT2D eigenvalue weighted by Gasteiger charge is -2.25. The highest BCUT2D eigenvalue weighted by molar-refractivity contribution is 7.26. The van der Waals surface area contributed by atoms with Crippen LogP contribution in [0.1, 0.15) is 25.0 Å². The summed E-state index contributed by atoms with van der Waals surface area (Å²) in [6.45, 7) is 4.74. The van der Waals surface area contributed by atoms with Crippen LogP contribution in [0.5, 0.6) is 0 Å². The highest BCUT2D eigenvalue weighted by atomic mass is 32.1. The second kappa shape index (κ2) is 5.87. The van der Waals surface area contributed by atoms with E-state index in [0.29, 0.717) is 0 Å². The SMILES string of the molecule is CC1(C)c2ccccc2-c2cccc(-n3c4ccccc4c4sc5ccccc5c43)c21. The third kappa shape index (κ3) is 2.11. The average Bonchev–Trinajstić information content (AvgIpc) is 3.40. The lowest BCUT2D eigenvalue weighted by molar-refractivity contribution is 0.656. The molecule has 0 amide bonds. The first-order valence-corrected chi connectivity index (χ1v) is 11.6. The minimum Gasteiger partial charge on any atom is -0.307 e. The van der Waals surface area contributed by atoms with Gasteiger partial charge >= 0.3 is 0 Å². The van der Waals surface area contributed by atoms with Gasteiger partial charge < -0.3 is 4.57 Å². The third-order valence-electron chi connectivity index (χ3n) is 6.98. The van der Waals surface area contributed by atoms with E-state index in [9.17, 15) is 0 Å². The Kier molecular flexibility index (Phi) is 3.28. The van der Waals surface area contributed by atoms with Crippen LogP contribution >= 0.6 is 11.3 Å². The maximum absolute atomic E-state index is 2.52. The molecule has 6 aromatic rings. The molecule has 4 aromatic carbocycles. The van der Waals surface area contributed by atoms with Crippen LogP contribution in [0.15, 0.2) is 91.0 Å². The molecule has 1 aliphatic rings. The van der Waals surface area contributed by atoms with E-state index in [0.717, 1.165) is 0 Å². The van der Waals surface area contributed by atoms with Gasteiger partial charge in [-0.15, -0.1) is 11.3 Å². The summed E-state index contributed by atoms with van der Waals surface area (Å²) in [7, 11) is 0. The molecule has 0 saturated carbocycles. The van der Waals surface area contributed by atoms with E-state index >= 15 is 0 Å². The van der Waals surface area contributed by atoms with Crippen molar-refractivity contribution in [3.63, 3.8) is 0 Å². The summed E-state index contributed by atoms with van der Waals surface area (Å²) in [5.74, 6) is 0. The van der Waals surface area contributed by atoms with Crippen molar-refractivity contribution < 1.29 is 0 Å². The fourth-order valence-corrected chi connectivity index (χ4v) is 6.89. The standard InChI is InChI=1S/C29H21NS/c1-29(2)22-14-6-3-10-18(22)19-13-9-16-24(26(19)29)30-23-15-7-4-11-20(23)28-27(30)21-12-5-8-17-25(21)31-28/h3-17H,1-2H3. The summed E-state index contributed by atoms with van der Waals surface area (Å²) in [6.07, 6.45) is 0. The van der Waals surface area contributed by atoms with Gasteiger partial charge in [0, 0.05) is 20.9 Å². The molecule has 31 heavy (non-hydrogen) atoms. The Morgan fingerprint density at radius 1 is 0.677 bits per heavy atom. The van der Waals surface area contributed by atoms with Gasteiger partial charge in [-0.3, -0.25) is 0 Å². The number of rotatable bonds is 1. The maximum atomic E-state index is 2.52. The van der Waals surface area contributed by atoms with E-state index in [2.05, 4.69) is 109 Å². The van der Waals surface area contributed by atoms with Crippen molar-refractivity contribution in [2.75, 3.05) is 0 Å². The van der Waals surface area contributed by atoms with Crippen molar-refractivity contribution in [1.29, 1.82) is 0 Å². The van der Waals surface area contributed by atoms with Crippen LogP contribution in [0.3, 0.4) is 0 Å². The second-order valence-electron chi connectivity index (χ2n) is 9.00. The topological polar surface area (TPSA) is 4.93 Å². The van der Waals surface area contributed by atoms with Gasteiger partial charge in [-0.1, -0.05) is 86.6 Å². The molecule has 148 valence electrons. The van der Waals surface area contributed by atoms with Gasteiger partial charge in [-0.25, -0.2) is 0 Å². The average molecular weight is 416 g/mol. The molecule has 0 N–H and O–H groups in total. The van der Waals surface area contributed by atoms with E-state index in [1.54, 1.807) is 0 Å². The van der Waals surface area contributed by atoms with Crippen molar-refractivity contribution in [2.24, 2.45) is 0 Å². The molecule has 1 nitrogen and oxygen atoms in total. The van der Waals surface area contributed by atoms with Crippen LogP contribution in [0, 0.1) is 0 Å². The van der Waals surface area contributed by atoms with Crippen LogP contribution in [0.2, 0.25) is 0 Å². The smallest absolute Gasteiger partial charge is 0.0727 e. The summed E-state index contributed by atoms with van der Waals surface area (Å²) < 4.78 is 5.25. The molecule has 0 radical (unpaired) electrons. The van der Waals surface area contributed by atoms with Crippen LogP contribution < -0.4 is 0 Å². The Bertz CT molecular complexity index is 1660. The molecule has 0 aliphatic heterocycles. The molecular formula is C29H21NS.